The standard InChI is InChI=1S/C16H18FN3O2/c1-10-7-13(19-22-10)9-20(2)16(21)18-15-8-14(15)11-3-5-12(17)6-4-11/h3-7,14-15H,8-9H2,1-2H3,(H,18,21). The van der Waals surface area contributed by atoms with Crippen molar-refractivity contribution in [3.63, 3.8) is 0 Å². The molecule has 1 aromatic heterocycles. The number of halogens is 1. The Morgan fingerprint density at radius 1 is 1.45 bits per heavy atom. The molecule has 0 bridgehead atoms. The summed E-state index contributed by atoms with van der Waals surface area (Å²) in [5.74, 6) is 0.752. The second-order valence-corrected chi connectivity index (χ2v) is 5.73. The molecule has 1 aliphatic carbocycles. The minimum atomic E-state index is -0.243. The van der Waals surface area contributed by atoms with Crippen LogP contribution in [0.5, 0.6) is 0 Å². The number of nitrogens with zero attached hydrogens (tertiary/aromatic N) is 2. The van der Waals surface area contributed by atoms with Gasteiger partial charge in [0.1, 0.15) is 17.3 Å². The Bertz CT molecular complexity index is 668. The summed E-state index contributed by atoms with van der Waals surface area (Å²) in [5.41, 5.74) is 1.78. The van der Waals surface area contributed by atoms with Crippen LogP contribution in [0.2, 0.25) is 0 Å². The maximum absolute atomic E-state index is 12.9. The topological polar surface area (TPSA) is 58.4 Å². The van der Waals surface area contributed by atoms with Gasteiger partial charge in [-0.2, -0.15) is 0 Å². The highest BCUT2D eigenvalue weighted by Crippen LogP contribution is 2.40. The SMILES string of the molecule is Cc1cc(CN(C)C(=O)NC2CC2c2ccc(F)cc2)no1. The molecule has 2 atom stereocenters. The highest BCUT2D eigenvalue weighted by atomic mass is 19.1. The summed E-state index contributed by atoms with van der Waals surface area (Å²) >= 11 is 0. The average Bonchev–Trinajstić information content (AvgIpc) is 3.13. The first kappa shape index (κ1) is 14.6. The number of carbonyl (C=O) groups excluding carboxylic acids is 1. The first-order valence-electron chi connectivity index (χ1n) is 7.22. The van der Waals surface area contributed by atoms with Crippen LogP contribution in [0.1, 0.15) is 29.4 Å². The van der Waals surface area contributed by atoms with E-state index in [1.165, 1.54) is 12.1 Å². The summed E-state index contributed by atoms with van der Waals surface area (Å²) in [6.07, 6.45) is 0.883. The zero-order valence-corrected chi connectivity index (χ0v) is 12.5. The molecule has 0 spiro atoms. The van der Waals surface area contributed by atoms with Gasteiger partial charge in [-0.25, -0.2) is 9.18 Å². The number of amides is 2. The summed E-state index contributed by atoms with van der Waals surface area (Å²) in [6.45, 7) is 2.21. The van der Waals surface area contributed by atoms with Gasteiger partial charge in [0.15, 0.2) is 0 Å². The number of aryl methyl sites for hydroxylation is 1. The summed E-state index contributed by atoms with van der Waals surface area (Å²) < 4.78 is 17.9. The third-order valence-corrected chi connectivity index (χ3v) is 3.82. The molecule has 2 unspecified atom stereocenters. The van der Waals surface area contributed by atoms with Gasteiger partial charge in [0.05, 0.1) is 6.54 Å². The molecule has 0 aliphatic heterocycles. The molecule has 1 aliphatic rings. The van der Waals surface area contributed by atoms with Crippen molar-refractivity contribution in [2.24, 2.45) is 0 Å². The van der Waals surface area contributed by atoms with Crippen molar-refractivity contribution in [1.29, 1.82) is 0 Å². The zero-order valence-electron chi connectivity index (χ0n) is 12.5. The molecule has 1 heterocycles. The molecule has 1 saturated carbocycles. The lowest BCUT2D eigenvalue weighted by Gasteiger charge is -2.16. The molecule has 0 saturated heterocycles. The minimum Gasteiger partial charge on any atom is -0.361 e. The first-order valence-corrected chi connectivity index (χ1v) is 7.22. The maximum Gasteiger partial charge on any atom is 0.317 e. The molecular formula is C16H18FN3O2. The van der Waals surface area contributed by atoms with E-state index in [2.05, 4.69) is 10.5 Å². The number of aromatic nitrogens is 1. The van der Waals surface area contributed by atoms with Crippen LogP contribution >= 0.6 is 0 Å². The Balaban J connectivity index is 1.51. The van der Waals surface area contributed by atoms with Gasteiger partial charge in [0.2, 0.25) is 0 Å². The van der Waals surface area contributed by atoms with Crippen LogP contribution in [0.3, 0.4) is 0 Å². The predicted molar refractivity (Wildman–Crippen MR) is 78.8 cm³/mol. The Morgan fingerprint density at radius 3 is 2.82 bits per heavy atom. The number of benzene rings is 1. The fourth-order valence-corrected chi connectivity index (χ4v) is 2.51. The normalized spacial score (nSPS) is 19.8. The quantitative estimate of drug-likeness (QED) is 0.945. The van der Waals surface area contributed by atoms with E-state index in [0.29, 0.717) is 6.54 Å². The van der Waals surface area contributed by atoms with Gasteiger partial charge in [0, 0.05) is 25.1 Å². The Kier molecular flexibility index (Phi) is 3.83. The van der Waals surface area contributed by atoms with Crippen molar-refractivity contribution in [2.45, 2.75) is 31.8 Å². The lowest BCUT2D eigenvalue weighted by molar-refractivity contribution is 0.205. The van der Waals surface area contributed by atoms with Gasteiger partial charge in [-0.1, -0.05) is 17.3 Å². The molecule has 1 N–H and O–H groups in total. The van der Waals surface area contributed by atoms with Crippen molar-refractivity contribution in [2.75, 3.05) is 7.05 Å². The highest BCUT2D eigenvalue weighted by molar-refractivity contribution is 5.74. The summed E-state index contributed by atoms with van der Waals surface area (Å²) in [6, 6.07) is 8.22. The average molecular weight is 303 g/mol. The van der Waals surface area contributed by atoms with Gasteiger partial charge < -0.3 is 14.7 Å². The van der Waals surface area contributed by atoms with E-state index in [9.17, 15) is 9.18 Å². The van der Waals surface area contributed by atoms with Crippen LogP contribution in [0.25, 0.3) is 0 Å². The number of rotatable bonds is 4. The van der Waals surface area contributed by atoms with Crippen molar-refractivity contribution in [3.05, 3.63) is 53.2 Å². The molecule has 1 aromatic carbocycles. The third-order valence-electron chi connectivity index (χ3n) is 3.82. The summed E-state index contributed by atoms with van der Waals surface area (Å²) in [5, 5.41) is 6.85. The fraction of sp³-hybridized carbons (Fsp3) is 0.375. The van der Waals surface area contributed by atoms with E-state index < -0.39 is 0 Å². The second kappa shape index (κ2) is 5.79. The maximum atomic E-state index is 12.9. The van der Waals surface area contributed by atoms with Crippen molar-refractivity contribution in [3.8, 4) is 0 Å². The van der Waals surface area contributed by atoms with Gasteiger partial charge in [0.25, 0.3) is 0 Å². The van der Waals surface area contributed by atoms with E-state index in [1.54, 1.807) is 24.1 Å². The van der Waals surface area contributed by atoms with E-state index in [-0.39, 0.29) is 23.8 Å². The number of carbonyl (C=O) groups is 1. The smallest absolute Gasteiger partial charge is 0.317 e. The first-order chi connectivity index (χ1) is 10.5. The number of nitrogens with one attached hydrogen (secondary N) is 1. The van der Waals surface area contributed by atoms with Crippen LogP contribution in [0.15, 0.2) is 34.9 Å². The molecule has 116 valence electrons. The summed E-state index contributed by atoms with van der Waals surface area (Å²) in [7, 11) is 1.72. The molecule has 1 fully saturated rings. The molecular weight excluding hydrogens is 285 g/mol. The molecule has 5 nitrogen and oxygen atoms in total. The van der Waals surface area contributed by atoms with Gasteiger partial charge in [-0.05, 0) is 31.0 Å². The summed E-state index contributed by atoms with van der Waals surface area (Å²) in [4.78, 5) is 13.7. The molecule has 2 aromatic rings. The van der Waals surface area contributed by atoms with E-state index >= 15 is 0 Å². The minimum absolute atomic E-state index is 0.111. The Morgan fingerprint density at radius 2 is 2.18 bits per heavy atom. The molecule has 0 radical (unpaired) electrons. The monoisotopic (exact) mass is 303 g/mol. The fourth-order valence-electron chi connectivity index (χ4n) is 2.51. The van der Waals surface area contributed by atoms with E-state index in [4.69, 9.17) is 4.52 Å². The Hall–Kier alpha value is -2.37. The lowest BCUT2D eigenvalue weighted by Crippen LogP contribution is -2.38. The zero-order chi connectivity index (χ0) is 15.7. The molecule has 22 heavy (non-hydrogen) atoms. The third kappa shape index (κ3) is 3.27. The number of hydrogen-bond donors (Lipinski definition) is 1. The molecule has 3 rings (SSSR count). The van der Waals surface area contributed by atoms with Gasteiger partial charge in [-0.15, -0.1) is 0 Å². The van der Waals surface area contributed by atoms with Gasteiger partial charge in [-0.3, -0.25) is 0 Å². The highest BCUT2D eigenvalue weighted by Gasteiger charge is 2.39. The van der Waals surface area contributed by atoms with E-state index in [1.807, 2.05) is 13.0 Å². The number of urea groups is 1. The van der Waals surface area contributed by atoms with Crippen molar-refractivity contribution in [1.82, 2.24) is 15.4 Å². The molecule has 6 heteroatoms. The largest absolute Gasteiger partial charge is 0.361 e. The number of hydrogen-bond acceptors (Lipinski definition) is 3. The van der Waals surface area contributed by atoms with Crippen LogP contribution in [-0.2, 0) is 6.54 Å². The Labute approximate surface area is 128 Å². The van der Waals surface area contributed by atoms with Crippen molar-refractivity contribution >= 4 is 6.03 Å². The van der Waals surface area contributed by atoms with E-state index in [0.717, 1.165) is 23.4 Å². The van der Waals surface area contributed by atoms with Crippen LogP contribution < -0.4 is 5.32 Å². The lowest BCUT2D eigenvalue weighted by atomic mass is 10.1. The van der Waals surface area contributed by atoms with Crippen LogP contribution in [0, 0.1) is 12.7 Å². The predicted octanol–water partition coefficient (Wildman–Crippen LogP) is 2.82. The van der Waals surface area contributed by atoms with Gasteiger partial charge >= 0.3 is 6.03 Å². The molecule has 2 amide bonds. The van der Waals surface area contributed by atoms with Crippen LogP contribution in [-0.4, -0.2) is 29.2 Å². The van der Waals surface area contributed by atoms with Crippen LogP contribution in [0.4, 0.5) is 9.18 Å². The second-order valence-electron chi connectivity index (χ2n) is 5.73. The van der Waals surface area contributed by atoms with Crippen molar-refractivity contribution < 1.29 is 13.7 Å².